The van der Waals surface area contributed by atoms with Crippen molar-refractivity contribution in [2.75, 3.05) is 6.61 Å². The number of carboxylic acid groups (broad SMARTS) is 1. The van der Waals surface area contributed by atoms with Gasteiger partial charge in [0, 0.05) is 0 Å². The number of halogens is 1. The van der Waals surface area contributed by atoms with E-state index in [4.69, 9.17) is 9.84 Å². The van der Waals surface area contributed by atoms with Crippen LogP contribution in [0.1, 0.15) is 6.42 Å². The minimum atomic E-state index is -0.881. The van der Waals surface area contributed by atoms with E-state index >= 15 is 0 Å². The van der Waals surface area contributed by atoms with Gasteiger partial charge >= 0.3 is 5.97 Å². The van der Waals surface area contributed by atoms with Crippen molar-refractivity contribution in [1.29, 1.82) is 0 Å². The lowest BCUT2D eigenvalue weighted by molar-refractivity contribution is -0.136. The fraction of sp³-hybridized carbons (Fsp3) is 0.182. The summed E-state index contributed by atoms with van der Waals surface area (Å²) in [4.78, 5) is 10.1. The summed E-state index contributed by atoms with van der Waals surface area (Å²) in [6.45, 7) is 0.277. The van der Waals surface area contributed by atoms with Crippen molar-refractivity contribution >= 4 is 5.97 Å². The summed E-state index contributed by atoms with van der Waals surface area (Å²) in [6, 6.07) is 5.63. The van der Waals surface area contributed by atoms with Crippen LogP contribution < -0.4 is 4.74 Å². The highest BCUT2D eigenvalue weighted by Gasteiger charge is 1.92. The first-order chi connectivity index (χ1) is 7.18. The quantitative estimate of drug-likeness (QED) is 0.758. The van der Waals surface area contributed by atoms with Gasteiger partial charge in [-0.25, -0.2) is 4.39 Å². The van der Waals surface area contributed by atoms with E-state index in [9.17, 15) is 9.18 Å². The third-order valence-electron chi connectivity index (χ3n) is 1.62. The Morgan fingerprint density at radius 3 is 2.60 bits per heavy atom. The zero-order valence-corrected chi connectivity index (χ0v) is 8.02. The second-order valence-corrected chi connectivity index (χ2v) is 2.83. The van der Waals surface area contributed by atoms with Crippen LogP contribution in [0.25, 0.3) is 0 Å². The van der Waals surface area contributed by atoms with Gasteiger partial charge in [-0.3, -0.25) is 4.79 Å². The maximum atomic E-state index is 12.5. The molecule has 0 aliphatic heterocycles. The van der Waals surface area contributed by atoms with Crippen LogP contribution in [0.4, 0.5) is 4.39 Å². The Bertz CT molecular complexity index is 343. The Kier molecular flexibility index (Phi) is 4.34. The molecule has 0 fully saturated rings. The monoisotopic (exact) mass is 210 g/mol. The molecule has 0 aromatic heterocycles. The van der Waals surface area contributed by atoms with Crippen molar-refractivity contribution in [1.82, 2.24) is 0 Å². The van der Waals surface area contributed by atoms with Crippen LogP contribution in [0.15, 0.2) is 36.4 Å². The van der Waals surface area contributed by atoms with E-state index in [1.807, 2.05) is 0 Å². The topological polar surface area (TPSA) is 46.5 Å². The normalized spacial score (nSPS) is 10.5. The average Bonchev–Trinajstić information content (AvgIpc) is 2.20. The smallest absolute Gasteiger partial charge is 0.307 e. The third-order valence-corrected chi connectivity index (χ3v) is 1.62. The van der Waals surface area contributed by atoms with Crippen molar-refractivity contribution in [3.05, 3.63) is 42.2 Å². The summed E-state index contributed by atoms with van der Waals surface area (Å²) in [5.41, 5.74) is 0. The van der Waals surface area contributed by atoms with Crippen molar-refractivity contribution in [3.63, 3.8) is 0 Å². The van der Waals surface area contributed by atoms with Crippen LogP contribution in [-0.2, 0) is 4.79 Å². The van der Waals surface area contributed by atoms with Crippen LogP contribution in [-0.4, -0.2) is 17.7 Å². The predicted molar refractivity (Wildman–Crippen MR) is 53.3 cm³/mol. The number of aliphatic carboxylic acids is 1. The number of ether oxygens (including phenoxy) is 1. The second kappa shape index (κ2) is 5.80. The number of carboxylic acids is 1. The maximum Gasteiger partial charge on any atom is 0.307 e. The maximum absolute atomic E-state index is 12.5. The fourth-order valence-corrected chi connectivity index (χ4v) is 0.927. The molecule has 0 saturated carbocycles. The van der Waals surface area contributed by atoms with Gasteiger partial charge < -0.3 is 9.84 Å². The van der Waals surface area contributed by atoms with E-state index in [0.29, 0.717) is 5.75 Å². The number of hydrogen-bond donors (Lipinski definition) is 1. The van der Waals surface area contributed by atoms with E-state index in [1.165, 1.54) is 30.3 Å². The van der Waals surface area contributed by atoms with Crippen LogP contribution in [0.3, 0.4) is 0 Å². The zero-order valence-electron chi connectivity index (χ0n) is 8.02. The van der Waals surface area contributed by atoms with Crippen molar-refractivity contribution < 1.29 is 19.0 Å². The second-order valence-electron chi connectivity index (χ2n) is 2.83. The Morgan fingerprint density at radius 1 is 1.33 bits per heavy atom. The summed E-state index contributed by atoms with van der Waals surface area (Å²) >= 11 is 0. The van der Waals surface area contributed by atoms with E-state index in [1.54, 1.807) is 6.08 Å². The van der Waals surface area contributed by atoms with Gasteiger partial charge in [0.2, 0.25) is 0 Å². The van der Waals surface area contributed by atoms with Gasteiger partial charge in [-0.1, -0.05) is 12.2 Å². The molecule has 0 heterocycles. The molecule has 0 unspecified atom stereocenters. The van der Waals surface area contributed by atoms with E-state index in [2.05, 4.69) is 0 Å². The first kappa shape index (κ1) is 11.2. The highest BCUT2D eigenvalue weighted by Crippen LogP contribution is 2.10. The summed E-state index contributed by atoms with van der Waals surface area (Å²) in [5.74, 6) is -0.645. The molecule has 0 spiro atoms. The fourth-order valence-electron chi connectivity index (χ4n) is 0.927. The number of hydrogen-bond acceptors (Lipinski definition) is 2. The lowest BCUT2D eigenvalue weighted by Crippen LogP contribution is -1.95. The Morgan fingerprint density at radius 2 is 2.00 bits per heavy atom. The van der Waals surface area contributed by atoms with E-state index < -0.39 is 5.97 Å². The van der Waals surface area contributed by atoms with E-state index in [0.717, 1.165) is 0 Å². The molecule has 1 aromatic rings. The molecule has 0 aliphatic carbocycles. The minimum Gasteiger partial charge on any atom is -0.490 e. The van der Waals surface area contributed by atoms with Crippen LogP contribution >= 0.6 is 0 Å². The number of rotatable bonds is 5. The van der Waals surface area contributed by atoms with Gasteiger partial charge in [0.05, 0.1) is 6.42 Å². The van der Waals surface area contributed by atoms with Gasteiger partial charge in [-0.15, -0.1) is 0 Å². The SMILES string of the molecule is O=C(O)C/C=C/COc1ccc(F)cc1. The number of benzene rings is 1. The molecular formula is C11H11FO3. The molecular weight excluding hydrogens is 199 g/mol. The van der Waals surface area contributed by atoms with Crippen molar-refractivity contribution in [3.8, 4) is 5.75 Å². The molecule has 3 nitrogen and oxygen atoms in total. The Labute approximate surface area is 86.8 Å². The zero-order chi connectivity index (χ0) is 11.1. The first-order valence-corrected chi connectivity index (χ1v) is 4.43. The van der Waals surface area contributed by atoms with Crippen LogP contribution in [0.2, 0.25) is 0 Å². The average molecular weight is 210 g/mol. The molecule has 80 valence electrons. The molecule has 0 bridgehead atoms. The molecule has 0 aliphatic rings. The molecule has 0 atom stereocenters. The highest BCUT2D eigenvalue weighted by molar-refractivity contribution is 5.68. The van der Waals surface area contributed by atoms with Gasteiger partial charge in [0.25, 0.3) is 0 Å². The standard InChI is InChI=1S/C11H11FO3/c12-9-4-6-10(7-5-9)15-8-2-1-3-11(13)14/h1-2,4-7H,3,8H2,(H,13,14)/b2-1+. The summed E-state index contributed by atoms with van der Waals surface area (Å²) in [7, 11) is 0. The molecule has 1 aromatic carbocycles. The molecule has 15 heavy (non-hydrogen) atoms. The van der Waals surface area contributed by atoms with Crippen molar-refractivity contribution in [2.24, 2.45) is 0 Å². The summed E-state index contributed by atoms with van der Waals surface area (Å²) in [6.07, 6.45) is 3.09. The Hall–Kier alpha value is -1.84. The first-order valence-electron chi connectivity index (χ1n) is 4.43. The number of carbonyl (C=O) groups is 1. The predicted octanol–water partition coefficient (Wildman–Crippen LogP) is 2.24. The molecule has 0 saturated heterocycles. The van der Waals surface area contributed by atoms with Gasteiger partial charge in [-0.2, -0.15) is 0 Å². The van der Waals surface area contributed by atoms with Crippen LogP contribution in [0, 0.1) is 5.82 Å². The third kappa shape index (κ3) is 4.81. The summed E-state index contributed by atoms with van der Waals surface area (Å²) < 4.78 is 17.7. The minimum absolute atomic E-state index is 0.0211. The summed E-state index contributed by atoms with van der Waals surface area (Å²) in [5, 5.41) is 8.33. The van der Waals surface area contributed by atoms with E-state index in [-0.39, 0.29) is 18.8 Å². The Balaban J connectivity index is 2.28. The molecule has 0 radical (unpaired) electrons. The molecule has 4 heteroatoms. The van der Waals surface area contributed by atoms with Gasteiger partial charge in [0.15, 0.2) is 0 Å². The molecule has 1 N–H and O–H groups in total. The largest absolute Gasteiger partial charge is 0.490 e. The van der Waals surface area contributed by atoms with Gasteiger partial charge in [0.1, 0.15) is 18.2 Å². The molecule has 1 rings (SSSR count). The van der Waals surface area contributed by atoms with Crippen molar-refractivity contribution in [2.45, 2.75) is 6.42 Å². The van der Waals surface area contributed by atoms with Crippen LogP contribution in [0.5, 0.6) is 5.75 Å². The lowest BCUT2D eigenvalue weighted by Gasteiger charge is -2.01. The lowest BCUT2D eigenvalue weighted by atomic mass is 10.3. The molecule has 0 amide bonds. The van der Waals surface area contributed by atoms with Gasteiger partial charge in [-0.05, 0) is 24.3 Å². The highest BCUT2D eigenvalue weighted by atomic mass is 19.1.